The van der Waals surface area contributed by atoms with Crippen LogP contribution in [0.15, 0.2) is 78.9 Å². The Morgan fingerprint density at radius 1 is 0.943 bits per heavy atom. The molecule has 2 saturated heterocycles. The molecule has 2 aromatic heterocycles. The average molecular weight is 831 g/mol. The van der Waals surface area contributed by atoms with Gasteiger partial charge in [-0.2, -0.15) is 0 Å². The van der Waals surface area contributed by atoms with E-state index in [4.69, 9.17) is 33.8 Å². The molecule has 0 radical (unpaired) electrons. The summed E-state index contributed by atoms with van der Waals surface area (Å²) in [6.07, 6.45) is -0.0956. The third-order valence-electron chi connectivity index (χ3n) is 9.67. The molecule has 3 atom stereocenters. The first-order chi connectivity index (χ1) is 25.6. The van der Waals surface area contributed by atoms with Gasteiger partial charge < -0.3 is 9.47 Å². The number of carbonyl (C=O) groups is 1. The van der Waals surface area contributed by atoms with Crippen LogP contribution in [-0.4, -0.2) is 88.2 Å². The molecule has 2 aliphatic heterocycles. The maximum atomic E-state index is 15.5. The fourth-order valence-electron chi connectivity index (χ4n) is 6.57. The van der Waals surface area contributed by atoms with Crippen LogP contribution in [0.5, 0.6) is 17.6 Å². The topological polar surface area (TPSA) is 110 Å². The van der Waals surface area contributed by atoms with E-state index < -0.39 is 36.7 Å². The Labute approximate surface area is 313 Å². The zero-order valence-electron chi connectivity index (χ0n) is 30.7. The molecular formula is C40H46FN5O6Sn. The number of nitrogens with zero attached hydrogens (tertiary/aromatic N) is 5. The average Bonchev–Trinajstić information content (AvgIpc) is 3.57. The second-order valence-corrected chi connectivity index (χ2v) is 29.0. The van der Waals surface area contributed by atoms with Crippen molar-refractivity contribution in [2.24, 2.45) is 0 Å². The molecule has 53 heavy (non-hydrogen) atoms. The number of benzene rings is 3. The summed E-state index contributed by atoms with van der Waals surface area (Å²) < 4.78 is 48.3. The fraction of sp³-hybridized carbons (Fsp3) is 0.400. The van der Waals surface area contributed by atoms with E-state index in [2.05, 4.69) is 38.0 Å². The second kappa shape index (κ2) is 16.3. The molecule has 2 aliphatic rings. The van der Waals surface area contributed by atoms with E-state index in [-0.39, 0.29) is 50.8 Å². The maximum absolute atomic E-state index is 15.5. The third-order valence-corrected chi connectivity index (χ3v) is 15.5. The summed E-state index contributed by atoms with van der Waals surface area (Å²) in [5, 5.41) is 6.07. The van der Waals surface area contributed by atoms with Crippen molar-refractivity contribution < 1.29 is 32.9 Å². The number of ether oxygens (including phenoxy) is 5. The first-order valence-corrected chi connectivity index (χ1v) is 28.2. The van der Waals surface area contributed by atoms with Crippen molar-refractivity contribution in [1.82, 2.24) is 24.6 Å². The number of carbonyl (C=O) groups excluding carboxylic acids is 1. The molecule has 0 N–H and O–H groups in total. The van der Waals surface area contributed by atoms with E-state index >= 15 is 4.39 Å². The molecule has 1 amide bonds. The van der Waals surface area contributed by atoms with Crippen molar-refractivity contribution in [1.29, 1.82) is 0 Å². The van der Waals surface area contributed by atoms with E-state index in [1.54, 1.807) is 13.2 Å². The van der Waals surface area contributed by atoms with Gasteiger partial charge in [0.1, 0.15) is 12.4 Å². The van der Waals surface area contributed by atoms with Crippen LogP contribution in [-0.2, 0) is 22.7 Å². The number of methoxy groups -OCH3 is 1. The van der Waals surface area contributed by atoms with E-state index in [9.17, 15) is 4.79 Å². The SMILES string of the molecule is COc1ccc(COc2cc(-c3nn(C4CCCCO4)c4cc[c]([Sn]([CH3])([CH3])[CH3])cc34)nc(O[C@H]3CN(C(=O)OCc4ccccc4)CC[C@@H]3F)n2)cc1. The molecule has 7 rings (SSSR count). The van der Waals surface area contributed by atoms with Crippen LogP contribution < -0.4 is 17.8 Å². The summed E-state index contributed by atoms with van der Waals surface area (Å²) >= 11 is -2.52. The Bertz CT molecular complexity index is 2020. The molecule has 3 aromatic carbocycles. The first-order valence-electron chi connectivity index (χ1n) is 18.2. The second-order valence-electron chi connectivity index (χ2n) is 14.6. The molecule has 11 nitrogen and oxygen atoms in total. The predicted molar refractivity (Wildman–Crippen MR) is 202 cm³/mol. The molecule has 0 saturated carbocycles. The number of hydrogen-bond acceptors (Lipinski definition) is 9. The number of hydrogen-bond donors (Lipinski definition) is 0. The molecule has 5 aromatic rings. The zero-order chi connectivity index (χ0) is 37.0. The number of likely N-dealkylation sites (tertiary alicyclic amines) is 1. The number of fused-ring (bicyclic) bond motifs is 1. The van der Waals surface area contributed by atoms with E-state index in [0.29, 0.717) is 18.0 Å². The number of piperidine rings is 1. The van der Waals surface area contributed by atoms with E-state index in [1.165, 1.54) is 8.48 Å². The molecule has 278 valence electrons. The monoisotopic (exact) mass is 831 g/mol. The van der Waals surface area contributed by atoms with Crippen LogP contribution in [0.2, 0.25) is 14.8 Å². The third kappa shape index (κ3) is 8.86. The van der Waals surface area contributed by atoms with Crippen molar-refractivity contribution in [2.75, 3.05) is 26.8 Å². The number of halogens is 1. The summed E-state index contributed by atoms with van der Waals surface area (Å²) in [6.45, 7) is 1.19. The van der Waals surface area contributed by atoms with Crippen LogP contribution in [0.4, 0.5) is 9.18 Å². The van der Waals surface area contributed by atoms with Gasteiger partial charge in [0.15, 0.2) is 0 Å². The Morgan fingerprint density at radius 2 is 1.74 bits per heavy atom. The van der Waals surface area contributed by atoms with Gasteiger partial charge in [0.25, 0.3) is 0 Å². The number of amides is 1. The molecular weight excluding hydrogens is 784 g/mol. The van der Waals surface area contributed by atoms with Crippen molar-refractivity contribution in [3.63, 3.8) is 0 Å². The van der Waals surface area contributed by atoms with Gasteiger partial charge >= 0.3 is 245 Å². The minimum absolute atomic E-state index is 0.0249. The molecule has 4 heterocycles. The van der Waals surface area contributed by atoms with Gasteiger partial charge in [-0.05, 0) is 5.56 Å². The quantitative estimate of drug-likeness (QED) is 0.126. The van der Waals surface area contributed by atoms with Crippen LogP contribution in [0.25, 0.3) is 22.3 Å². The molecule has 1 unspecified atom stereocenters. The van der Waals surface area contributed by atoms with Crippen molar-refractivity contribution in [3.8, 4) is 29.0 Å². The minimum atomic E-state index is -2.52. The molecule has 2 fully saturated rings. The summed E-state index contributed by atoms with van der Waals surface area (Å²) in [6, 6.07) is 25.3. The van der Waals surface area contributed by atoms with Gasteiger partial charge in [0.05, 0.1) is 7.11 Å². The van der Waals surface area contributed by atoms with Crippen molar-refractivity contribution in [3.05, 3.63) is 90.0 Å². The molecule has 13 heteroatoms. The predicted octanol–water partition coefficient (Wildman–Crippen LogP) is 7.45. The normalized spacial score (nSPS) is 19.2. The Morgan fingerprint density at radius 3 is 2.47 bits per heavy atom. The number of alkyl halides is 1. The van der Waals surface area contributed by atoms with Crippen LogP contribution in [0, 0.1) is 0 Å². The first kappa shape index (κ1) is 36.9. The summed E-state index contributed by atoms with van der Waals surface area (Å²) in [5.41, 5.74) is 3.84. The Hall–Kier alpha value is -4.43. The number of rotatable bonds is 11. The Balaban J connectivity index is 1.22. The molecule has 0 spiro atoms. The van der Waals surface area contributed by atoms with E-state index in [1.807, 2.05) is 59.3 Å². The summed E-state index contributed by atoms with van der Waals surface area (Å²) in [5.74, 6) is 0.984. The van der Waals surface area contributed by atoms with Gasteiger partial charge in [-0.15, -0.1) is 0 Å². The summed E-state index contributed by atoms with van der Waals surface area (Å²) in [4.78, 5) is 31.0. The van der Waals surface area contributed by atoms with Gasteiger partial charge in [-0.1, -0.05) is 30.3 Å². The molecule has 0 aliphatic carbocycles. The van der Waals surface area contributed by atoms with Crippen LogP contribution in [0.1, 0.15) is 43.0 Å². The van der Waals surface area contributed by atoms with Crippen LogP contribution >= 0.6 is 0 Å². The van der Waals surface area contributed by atoms with Crippen molar-refractivity contribution >= 4 is 39.0 Å². The fourth-order valence-corrected chi connectivity index (χ4v) is 9.89. The summed E-state index contributed by atoms with van der Waals surface area (Å²) in [7, 11) is 1.62. The van der Waals surface area contributed by atoms with Crippen LogP contribution in [0.3, 0.4) is 0 Å². The number of aromatic nitrogens is 4. The Kier molecular flexibility index (Phi) is 11.3. The van der Waals surface area contributed by atoms with Gasteiger partial charge in [0, 0.05) is 0 Å². The van der Waals surface area contributed by atoms with Gasteiger partial charge in [-0.25, -0.2) is 4.79 Å². The standard InChI is InChI=1S/C37H37FN5O6.3CH3.Sn/c1-45-27-16-14-26(15-17-27)23-47-33-21-30(35-28-11-5-6-12-31(28)43(41-35)34-13-7-8-20-46-34)39-36(40-33)49-32-22-42(19-18-29(32)38)37(44)48-24-25-9-3-2-4-10-25;;;;/h2-4,6,9-12,14-17,21,29,32,34H,7-8,13,18-20,22-24H2,1H3;3*1H3;/t29-,32-,34?;;;;/m0..../s1. The van der Waals surface area contributed by atoms with Crippen molar-refractivity contribution in [2.45, 2.75) is 72.2 Å². The van der Waals surface area contributed by atoms with E-state index in [0.717, 1.165) is 47.0 Å². The molecule has 0 bridgehead atoms. The van der Waals surface area contributed by atoms with Gasteiger partial charge in [0.2, 0.25) is 0 Å². The zero-order valence-corrected chi connectivity index (χ0v) is 33.5. The van der Waals surface area contributed by atoms with Gasteiger partial charge in [-0.3, -0.25) is 0 Å².